The van der Waals surface area contributed by atoms with E-state index in [1.165, 1.54) is 38.5 Å². The number of carbonyl (C=O) groups excluding carboxylic acids is 2. The molecule has 0 spiro atoms. The van der Waals surface area contributed by atoms with Gasteiger partial charge in [0.25, 0.3) is 0 Å². The van der Waals surface area contributed by atoms with E-state index in [0.29, 0.717) is 53.9 Å². The van der Waals surface area contributed by atoms with Crippen LogP contribution in [0.2, 0.25) is 0 Å². The Balaban J connectivity index is 1.18. The zero-order chi connectivity index (χ0) is 25.9. The van der Waals surface area contributed by atoms with Gasteiger partial charge < -0.3 is 9.45 Å². The molecule has 5 aliphatic rings. The van der Waals surface area contributed by atoms with Crippen molar-refractivity contribution in [2.24, 2.45) is 46.3 Å². The molecule has 7 heteroatoms. The zero-order valence-electron chi connectivity index (χ0n) is 22.5. The molecule has 1 heterocycles. The van der Waals surface area contributed by atoms with Crippen molar-refractivity contribution in [3.63, 3.8) is 0 Å². The number of carbonyl (C=O) groups is 2. The first-order chi connectivity index (χ1) is 16.9. The number of rotatable bonds is 5. The van der Waals surface area contributed by atoms with Gasteiger partial charge in [0.1, 0.15) is 5.78 Å². The molecule has 5 fully saturated rings. The molecule has 0 N–H and O–H groups in total. The summed E-state index contributed by atoms with van der Waals surface area (Å²) < 4.78 is 33.9. The van der Waals surface area contributed by atoms with Crippen LogP contribution in [0.15, 0.2) is 0 Å². The topological polar surface area (TPSA) is 94.6 Å². The largest absolute Gasteiger partial charge is 0.748 e. The molecule has 0 aromatic heterocycles. The predicted molar refractivity (Wildman–Crippen MR) is 138 cm³/mol. The summed E-state index contributed by atoms with van der Waals surface area (Å²) >= 11 is 0. The number of hydrogen-bond donors (Lipinski definition) is 0. The maximum Gasteiger partial charge on any atom is 0.222 e. The summed E-state index contributed by atoms with van der Waals surface area (Å²) in [5, 5.41) is -0.836. The summed E-state index contributed by atoms with van der Waals surface area (Å²) in [5.41, 5.74) is 0.714. The van der Waals surface area contributed by atoms with Crippen molar-refractivity contribution in [1.82, 2.24) is 4.90 Å². The lowest BCUT2D eigenvalue weighted by Gasteiger charge is -2.60. The van der Waals surface area contributed by atoms with Crippen LogP contribution in [0, 0.1) is 46.3 Å². The summed E-state index contributed by atoms with van der Waals surface area (Å²) in [6.07, 6.45) is 12.4. The van der Waals surface area contributed by atoms with Crippen molar-refractivity contribution in [2.45, 2.75) is 109 Å². The van der Waals surface area contributed by atoms with E-state index in [2.05, 4.69) is 20.8 Å². The highest BCUT2D eigenvalue weighted by Gasteiger charge is 2.60. The van der Waals surface area contributed by atoms with E-state index in [9.17, 15) is 22.6 Å². The summed E-state index contributed by atoms with van der Waals surface area (Å²) in [5.74, 6) is 4.72. The third kappa shape index (κ3) is 4.58. The molecule has 5 rings (SSSR count). The molecule has 1 saturated heterocycles. The van der Waals surface area contributed by atoms with Gasteiger partial charge >= 0.3 is 0 Å². The number of Topliss-reactive ketones (excluding diaryl/α,β-unsaturated/α-hetero) is 1. The van der Waals surface area contributed by atoms with Crippen molar-refractivity contribution in [1.29, 1.82) is 0 Å². The first-order valence-electron chi connectivity index (χ1n) is 14.7. The molecule has 0 aromatic carbocycles. The standard InChI is InChI=1S/C29H47NO5S/c1-19(4-9-27(32)30-16-12-22(13-17-30)36(33,34)35)24-7-8-25-23-6-5-20-18-21(31)10-14-28(20,2)26(23)11-15-29(24,25)3/h19-20,22-26H,4-18H2,1-3H3,(H,33,34,35)/p-1/t19-,20-,23+,24-,25+,26+,28+,29-/m1/s1. The molecular weight excluding hydrogens is 474 g/mol. The number of nitrogens with zero attached hydrogens (tertiary/aromatic N) is 1. The summed E-state index contributed by atoms with van der Waals surface area (Å²) in [6, 6.07) is 0. The van der Waals surface area contributed by atoms with Gasteiger partial charge in [-0.05, 0) is 111 Å². The third-order valence-corrected chi connectivity index (χ3v) is 13.5. The van der Waals surface area contributed by atoms with Gasteiger partial charge in [0.2, 0.25) is 5.91 Å². The predicted octanol–water partition coefficient (Wildman–Crippen LogP) is 5.17. The van der Waals surface area contributed by atoms with Crippen molar-refractivity contribution >= 4 is 21.8 Å². The first-order valence-corrected chi connectivity index (χ1v) is 16.1. The Kier molecular flexibility index (Phi) is 7.15. The first kappa shape index (κ1) is 26.6. The van der Waals surface area contributed by atoms with Crippen molar-refractivity contribution in [2.75, 3.05) is 13.1 Å². The molecule has 0 bridgehead atoms. The molecule has 8 atom stereocenters. The molecule has 4 aliphatic carbocycles. The van der Waals surface area contributed by atoms with E-state index in [1.54, 1.807) is 4.90 Å². The second-order valence-corrected chi connectivity index (χ2v) is 15.4. The third-order valence-electron chi connectivity index (χ3n) is 12.3. The van der Waals surface area contributed by atoms with Gasteiger partial charge in [-0.1, -0.05) is 20.8 Å². The molecule has 204 valence electrons. The second kappa shape index (κ2) is 9.66. The van der Waals surface area contributed by atoms with Crippen molar-refractivity contribution in [3.05, 3.63) is 0 Å². The SMILES string of the molecule is C[C@H](CCC(=O)N1CCC(S(=O)(=O)[O-])CC1)[C@H]1CC[C@H]2[C@@H]3CC[C@@H]4CC(=O)CC[C@]4(C)[C@H]3CC[C@]12C. The minimum atomic E-state index is -4.25. The number of fused-ring (bicyclic) bond motifs is 5. The van der Waals surface area contributed by atoms with Crippen molar-refractivity contribution in [3.8, 4) is 0 Å². The normalized spacial score (nSPS) is 42.4. The van der Waals surface area contributed by atoms with E-state index < -0.39 is 15.4 Å². The van der Waals surface area contributed by atoms with Crippen LogP contribution in [-0.2, 0) is 19.7 Å². The Morgan fingerprint density at radius 1 is 1.00 bits per heavy atom. The minimum Gasteiger partial charge on any atom is -0.748 e. The highest BCUT2D eigenvalue weighted by molar-refractivity contribution is 7.86. The molecule has 0 unspecified atom stereocenters. The van der Waals surface area contributed by atoms with E-state index in [1.807, 2.05) is 0 Å². The maximum absolute atomic E-state index is 12.9. The maximum atomic E-state index is 12.9. The zero-order valence-corrected chi connectivity index (χ0v) is 23.4. The Morgan fingerprint density at radius 3 is 2.39 bits per heavy atom. The summed E-state index contributed by atoms with van der Waals surface area (Å²) in [7, 11) is -4.25. The van der Waals surface area contributed by atoms with Gasteiger partial charge in [0, 0.05) is 32.4 Å². The highest BCUT2D eigenvalue weighted by atomic mass is 32.2. The fraction of sp³-hybridized carbons (Fsp3) is 0.931. The molecule has 1 aliphatic heterocycles. The number of amides is 1. The van der Waals surface area contributed by atoms with Crippen LogP contribution >= 0.6 is 0 Å². The molecular formula is C29H46NO5S-. The van der Waals surface area contributed by atoms with Crippen LogP contribution in [0.1, 0.15) is 104 Å². The Morgan fingerprint density at radius 2 is 1.69 bits per heavy atom. The average molecular weight is 521 g/mol. The minimum absolute atomic E-state index is 0.116. The van der Waals surface area contributed by atoms with Crippen LogP contribution in [0.3, 0.4) is 0 Å². The van der Waals surface area contributed by atoms with E-state index >= 15 is 0 Å². The van der Waals surface area contributed by atoms with Crippen LogP contribution < -0.4 is 0 Å². The number of ketones is 1. The van der Waals surface area contributed by atoms with E-state index in [4.69, 9.17) is 0 Å². The summed E-state index contributed by atoms with van der Waals surface area (Å²) in [4.78, 5) is 26.8. The fourth-order valence-corrected chi connectivity index (χ4v) is 10.9. The lowest BCUT2D eigenvalue weighted by atomic mass is 9.44. The molecule has 36 heavy (non-hydrogen) atoms. The van der Waals surface area contributed by atoms with Crippen LogP contribution in [0.25, 0.3) is 0 Å². The fourth-order valence-electron chi connectivity index (χ4n) is 10.1. The van der Waals surface area contributed by atoms with Gasteiger partial charge in [-0.3, -0.25) is 9.59 Å². The van der Waals surface area contributed by atoms with E-state index in [0.717, 1.165) is 43.4 Å². The van der Waals surface area contributed by atoms with Crippen LogP contribution in [0.5, 0.6) is 0 Å². The Hall–Kier alpha value is -0.950. The second-order valence-electron chi connectivity index (χ2n) is 13.7. The lowest BCUT2D eigenvalue weighted by molar-refractivity contribution is -0.140. The summed E-state index contributed by atoms with van der Waals surface area (Å²) in [6.45, 7) is 8.18. The molecule has 0 radical (unpaired) electrons. The molecule has 6 nitrogen and oxygen atoms in total. The number of likely N-dealkylation sites (tertiary alicyclic amines) is 1. The highest BCUT2D eigenvalue weighted by Crippen LogP contribution is 2.68. The Bertz CT molecular complexity index is 972. The van der Waals surface area contributed by atoms with Gasteiger partial charge in [-0.25, -0.2) is 8.42 Å². The van der Waals surface area contributed by atoms with Gasteiger partial charge in [0.05, 0.1) is 15.4 Å². The smallest absolute Gasteiger partial charge is 0.222 e. The quantitative estimate of drug-likeness (QED) is 0.466. The van der Waals surface area contributed by atoms with Gasteiger partial charge in [-0.15, -0.1) is 0 Å². The molecule has 0 aromatic rings. The van der Waals surface area contributed by atoms with Crippen molar-refractivity contribution < 1.29 is 22.6 Å². The van der Waals surface area contributed by atoms with Crippen LogP contribution in [-0.4, -0.2) is 47.9 Å². The monoisotopic (exact) mass is 520 g/mol. The Labute approximate surface area is 218 Å². The van der Waals surface area contributed by atoms with Crippen LogP contribution in [0.4, 0.5) is 0 Å². The number of piperidine rings is 1. The van der Waals surface area contributed by atoms with Gasteiger partial charge in [0.15, 0.2) is 0 Å². The van der Waals surface area contributed by atoms with Gasteiger partial charge in [-0.2, -0.15) is 0 Å². The lowest BCUT2D eigenvalue weighted by Crippen LogP contribution is -2.53. The average Bonchev–Trinajstić information content (AvgIpc) is 3.19. The molecule has 1 amide bonds. The van der Waals surface area contributed by atoms with E-state index in [-0.39, 0.29) is 18.7 Å². The number of hydrogen-bond acceptors (Lipinski definition) is 5. The molecule has 4 saturated carbocycles.